The van der Waals surface area contributed by atoms with Gasteiger partial charge in [-0.3, -0.25) is 4.79 Å². The fourth-order valence-corrected chi connectivity index (χ4v) is 2.06. The number of nitrogens with one attached hydrogen (secondary N) is 1. The van der Waals surface area contributed by atoms with Crippen LogP contribution in [0.5, 0.6) is 5.75 Å². The summed E-state index contributed by atoms with van der Waals surface area (Å²) in [6.45, 7) is 2.65. The molecule has 0 unspecified atom stereocenters. The number of ether oxygens (including phenoxy) is 1. The molecule has 0 spiro atoms. The van der Waals surface area contributed by atoms with E-state index in [-0.39, 0.29) is 5.56 Å². The lowest BCUT2D eigenvalue weighted by atomic mass is 10.1. The maximum absolute atomic E-state index is 12.0. The summed E-state index contributed by atoms with van der Waals surface area (Å²) in [5.74, 6) is 0.246. The van der Waals surface area contributed by atoms with Crippen LogP contribution in [0.25, 0.3) is 11.0 Å². The molecule has 1 heterocycles. The van der Waals surface area contributed by atoms with E-state index in [1.807, 2.05) is 0 Å². The van der Waals surface area contributed by atoms with Crippen molar-refractivity contribution in [3.05, 3.63) is 40.2 Å². The van der Waals surface area contributed by atoms with Crippen LogP contribution in [0, 0.1) is 0 Å². The smallest absolute Gasteiger partial charge is 0.349 e. The number of hydrogen-bond donors (Lipinski definition) is 1. The van der Waals surface area contributed by atoms with E-state index in [0.717, 1.165) is 19.3 Å². The van der Waals surface area contributed by atoms with E-state index < -0.39 is 11.5 Å². The molecule has 1 aromatic carbocycles. The van der Waals surface area contributed by atoms with Crippen molar-refractivity contribution in [1.82, 2.24) is 5.32 Å². The molecule has 0 saturated carbocycles. The summed E-state index contributed by atoms with van der Waals surface area (Å²) in [5.41, 5.74) is -0.170. The molecule has 1 amide bonds. The van der Waals surface area contributed by atoms with Crippen molar-refractivity contribution in [3.63, 3.8) is 0 Å². The predicted molar refractivity (Wildman–Crippen MR) is 80.9 cm³/mol. The second-order valence-electron chi connectivity index (χ2n) is 4.81. The number of carbonyl (C=O) groups excluding carboxylic acids is 1. The van der Waals surface area contributed by atoms with E-state index in [0.29, 0.717) is 23.3 Å². The molecule has 5 heteroatoms. The first-order valence-electron chi connectivity index (χ1n) is 7.05. The lowest BCUT2D eigenvalue weighted by Gasteiger charge is -2.05. The average Bonchev–Trinajstić information content (AvgIpc) is 2.50. The van der Waals surface area contributed by atoms with Gasteiger partial charge >= 0.3 is 5.63 Å². The van der Waals surface area contributed by atoms with Crippen LogP contribution in [0.15, 0.2) is 33.5 Å². The quantitative estimate of drug-likeness (QED) is 0.656. The fourth-order valence-electron chi connectivity index (χ4n) is 2.06. The lowest BCUT2D eigenvalue weighted by Crippen LogP contribution is -2.29. The van der Waals surface area contributed by atoms with Crippen molar-refractivity contribution in [2.75, 3.05) is 13.7 Å². The first-order chi connectivity index (χ1) is 10.2. The minimum atomic E-state index is -0.624. The van der Waals surface area contributed by atoms with E-state index in [1.165, 1.54) is 0 Å². The molecule has 0 radical (unpaired) electrons. The molecule has 2 rings (SSSR count). The van der Waals surface area contributed by atoms with Crippen molar-refractivity contribution in [3.8, 4) is 5.75 Å². The van der Waals surface area contributed by atoms with E-state index in [2.05, 4.69) is 12.2 Å². The van der Waals surface area contributed by atoms with Gasteiger partial charge in [-0.05, 0) is 30.7 Å². The molecular weight excluding hydrogens is 270 g/mol. The van der Waals surface area contributed by atoms with Crippen LogP contribution >= 0.6 is 0 Å². The molecule has 0 bridgehead atoms. The van der Waals surface area contributed by atoms with Crippen molar-refractivity contribution < 1.29 is 13.9 Å². The van der Waals surface area contributed by atoms with Crippen molar-refractivity contribution in [1.29, 1.82) is 0 Å². The molecule has 0 atom stereocenters. The Balaban J connectivity index is 2.24. The molecule has 112 valence electrons. The van der Waals surface area contributed by atoms with Crippen LogP contribution in [-0.4, -0.2) is 19.6 Å². The van der Waals surface area contributed by atoms with Gasteiger partial charge in [-0.15, -0.1) is 0 Å². The van der Waals surface area contributed by atoms with E-state index >= 15 is 0 Å². The molecule has 2 aromatic rings. The average molecular weight is 289 g/mol. The number of hydrogen-bond acceptors (Lipinski definition) is 4. The topological polar surface area (TPSA) is 68.5 Å². The van der Waals surface area contributed by atoms with Gasteiger partial charge in [0.25, 0.3) is 5.91 Å². The maximum atomic E-state index is 12.0. The Bertz CT molecular complexity index is 690. The Hall–Kier alpha value is -2.30. The Kier molecular flexibility index (Phi) is 4.98. The highest BCUT2D eigenvalue weighted by molar-refractivity contribution is 5.96. The Labute approximate surface area is 122 Å². The third kappa shape index (κ3) is 3.62. The van der Waals surface area contributed by atoms with Crippen LogP contribution < -0.4 is 15.7 Å². The first kappa shape index (κ1) is 15.1. The van der Waals surface area contributed by atoms with Crippen LogP contribution in [0.4, 0.5) is 0 Å². The van der Waals surface area contributed by atoms with Crippen LogP contribution in [0.2, 0.25) is 0 Å². The SMILES string of the molecule is CCCCCNC(=O)c1cc2cc(OC)ccc2oc1=O. The number of fused-ring (bicyclic) bond motifs is 1. The molecule has 0 aliphatic heterocycles. The normalized spacial score (nSPS) is 10.6. The highest BCUT2D eigenvalue weighted by atomic mass is 16.5. The van der Waals surface area contributed by atoms with Gasteiger partial charge in [-0.2, -0.15) is 0 Å². The third-order valence-corrected chi connectivity index (χ3v) is 3.25. The predicted octanol–water partition coefficient (Wildman–Crippen LogP) is 2.72. The number of unbranched alkanes of at least 4 members (excludes halogenated alkanes) is 2. The zero-order chi connectivity index (χ0) is 15.2. The van der Waals surface area contributed by atoms with Gasteiger partial charge in [-0.25, -0.2) is 4.79 Å². The monoisotopic (exact) mass is 289 g/mol. The van der Waals surface area contributed by atoms with E-state index in [1.54, 1.807) is 31.4 Å². The zero-order valence-electron chi connectivity index (χ0n) is 12.3. The summed E-state index contributed by atoms with van der Waals surface area (Å²) in [6.07, 6.45) is 3.02. The molecule has 0 fully saturated rings. The Morgan fingerprint density at radius 1 is 1.29 bits per heavy atom. The van der Waals surface area contributed by atoms with Gasteiger partial charge in [0.2, 0.25) is 0 Å². The molecule has 0 saturated heterocycles. The summed E-state index contributed by atoms with van der Waals surface area (Å²) in [6, 6.07) is 6.62. The van der Waals surface area contributed by atoms with Gasteiger partial charge in [0.15, 0.2) is 0 Å². The molecule has 0 aliphatic rings. The second kappa shape index (κ2) is 6.92. The van der Waals surface area contributed by atoms with Crippen molar-refractivity contribution in [2.45, 2.75) is 26.2 Å². The number of rotatable bonds is 6. The second-order valence-corrected chi connectivity index (χ2v) is 4.81. The minimum Gasteiger partial charge on any atom is -0.497 e. The molecule has 1 aromatic heterocycles. The van der Waals surface area contributed by atoms with Gasteiger partial charge < -0.3 is 14.5 Å². The summed E-state index contributed by atoms with van der Waals surface area (Å²) >= 11 is 0. The van der Waals surface area contributed by atoms with E-state index in [9.17, 15) is 9.59 Å². The molecule has 0 aliphatic carbocycles. The van der Waals surface area contributed by atoms with Crippen LogP contribution in [-0.2, 0) is 0 Å². The standard InChI is InChI=1S/C16H19NO4/c1-3-4-5-8-17-15(18)13-10-11-9-12(20-2)6-7-14(11)21-16(13)19/h6-7,9-10H,3-5,8H2,1-2H3,(H,17,18). The lowest BCUT2D eigenvalue weighted by molar-refractivity contribution is 0.0949. The number of methoxy groups -OCH3 is 1. The highest BCUT2D eigenvalue weighted by Gasteiger charge is 2.13. The Morgan fingerprint density at radius 2 is 2.10 bits per heavy atom. The molecule has 5 nitrogen and oxygen atoms in total. The summed E-state index contributed by atoms with van der Waals surface area (Å²) < 4.78 is 10.3. The number of amides is 1. The maximum Gasteiger partial charge on any atom is 0.349 e. The van der Waals surface area contributed by atoms with Crippen molar-refractivity contribution >= 4 is 16.9 Å². The summed E-state index contributed by atoms with van der Waals surface area (Å²) in [4.78, 5) is 23.9. The van der Waals surface area contributed by atoms with Gasteiger partial charge in [0, 0.05) is 11.9 Å². The summed E-state index contributed by atoms with van der Waals surface area (Å²) in [7, 11) is 1.56. The molecule has 1 N–H and O–H groups in total. The van der Waals surface area contributed by atoms with Crippen molar-refractivity contribution in [2.24, 2.45) is 0 Å². The first-order valence-corrected chi connectivity index (χ1v) is 7.05. The zero-order valence-corrected chi connectivity index (χ0v) is 12.3. The molecular formula is C16H19NO4. The highest BCUT2D eigenvalue weighted by Crippen LogP contribution is 2.20. The fraction of sp³-hybridized carbons (Fsp3) is 0.375. The Morgan fingerprint density at radius 3 is 2.81 bits per heavy atom. The molecule has 21 heavy (non-hydrogen) atoms. The van der Waals surface area contributed by atoms with Gasteiger partial charge in [-0.1, -0.05) is 19.8 Å². The third-order valence-electron chi connectivity index (χ3n) is 3.25. The number of carbonyl (C=O) groups is 1. The minimum absolute atomic E-state index is 0.0206. The largest absolute Gasteiger partial charge is 0.497 e. The summed E-state index contributed by atoms with van der Waals surface area (Å²) in [5, 5.41) is 3.40. The van der Waals surface area contributed by atoms with E-state index in [4.69, 9.17) is 9.15 Å². The van der Waals surface area contributed by atoms with Gasteiger partial charge in [0.05, 0.1) is 7.11 Å². The van der Waals surface area contributed by atoms with Crippen LogP contribution in [0.3, 0.4) is 0 Å². The van der Waals surface area contributed by atoms with Gasteiger partial charge in [0.1, 0.15) is 16.9 Å². The number of benzene rings is 1. The van der Waals surface area contributed by atoms with Crippen LogP contribution in [0.1, 0.15) is 36.5 Å².